The Kier molecular flexibility index (Phi) is 7.57. The fourth-order valence-electron chi connectivity index (χ4n) is 3.16. The molecule has 1 aromatic carbocycles. The van der Waals surface area contributed by atoms with E-state index in [4.69, 9.17) is 9.47 Å². The van der Waals surface area contributed by atoms with E-state index in [0.29, 0.717) is 24.5 Å². The molecule has 2 N–H and O–H groups in total. The summed E-state index contributed by atoms with van der Waals surface area (Å²) in [6.07, 6.45) is 5.34. The Morgan fingerprint density at radius 3 is 2.59 bits per heavy atom. The Morgan fingerprint density at radius 1 is 1.14 bits per heavy atom. The van der Waals surface area contributed by atoms with Gasteiger partial charge in [-0.25, -0.2) is 5.43 Å². The van der Waals surface area contributed by atoms with Crippen molar-refractivity contribution in [3.05, 3.63) is 29.8 Å². The number of ether oxygens (including phenoxy) is 2. The zero-order valence-electron chi connectivity index (χ0n) is 16.3. The predicted molar refractivity (Wildman–Crippen MR) is 105 cm³/mol. The normalized spacial score (nSPS) is 18.8. The summed E-state index contributed by atoms with van der Waals surface area (Å²) in [7, 11) is 0. The number of nitrogens with zero attached hydrogens (tertiary/aromatic N) is 2. The van der Waals surface area contributed by atoms with Gasteiger partial charge in [-0.3, -0.25) is 14.4 Å². The number of hydrazone groups is 1. The number of hydrogen-bond acceptors (Lipinski definition) is 6. The summed E-state index contributed by atoms with van der Waals surface area (Å²) in [6, 6.07) is 6.91. The highest BCUT2D eigenvalue weighted by atomic mass is 16.5. The third-order valence-electron chi connectivity index (χ3n) is 4.80. The lowest BCUT2D eigenvalue weighted by Gasteiger charge is -2.15. The molecule has 2 saturated heterocycles. The van der Waals surface area contributed by atoms with Crippen LogP contribution in [-0.4, -0.2) is 67.8 Å². The van der Waals surface area contributed by atoms with E-state index in [2.05, 4.69) is 15.8 Å². The minimum atomic E-state index is -0.834. The molecule has 1 aromatic rings. The second-order valence-corrected chi connectivity index (χ2v) is 6.99. The quantitative estimate of drug-likeness (QED) is 0.391. The lowest BCUT2D eigenvalue weighted by molar-refractivity contribution is -0.139. The number of carbonyl (C=O) groups excluding carboxylic acids is 3. The third-order valence-corrected chi connectivity index (χ3v) is 4.80. The van der Waals surface area contributed by atoms with Crippen LogP contribution in [0.15, 0.2) is 29.4 Å². The fourth-order valence-corrected chi connectivity index (χ4v) is 3.16. The number of likely N-dealkylation sites (tertiary alicyclic amines) is 1. The van der Waals surface area contributed by atoms with E-state index >= 15 is 0 Å². The van der Waals surface area contributed by atoms with E-state index in [9.17, 15) is 14.4 Å². The number of rotatable bonds is 7. The molecular formula is C20H26N4O5. The van der Waals surface area contributed by atoms with Gasteiger partial charge in [0.2, 0.25) is 0 Å². The smallest absolute Gasteiger partial charge is 0.329 e. The van der Waals surface area contributed by atoms with Crippen LogP contribution in [0.5, 0.6) is 5.75 Å². The Hall–Kier alpha value is -2.94. The van der Waals surface area contributed by atoms with Crippen molar-refractivity contribution in [2.24, 2.45) is 5.10 Å². The van der Waals surface area contributed by atoms with Crippen LogP contribution in [0.25, 0.3) is 0 Å². The predicted octanol–water partition coefficient (Wildman–Crippen LogP) is 0.433. The van der Waals surface area contributed by atoms with Crippen molar-refractivity contribution in [2.45, 2.75) is 31.8 Å². The Balaban J connectivity index is 1.37. The molecule has 2 heterocycles. The van der Waals surface area contributed by atoms with Gasteiger partial charge in [-0.15, -0.1) is 0 Å². The lowest BCUT2D eigenvalue weighted by Crippen LogP contribution is -2.41. The van der Waals surface area contributed by atoms with Crippen LogP contribution < -0.4 is 15.5 Å². The first kappa shape index (κ1) is 20.8. The van der Waals surface area contributed by atoms with Crippen molar-refractivity contribution in [2.75, 3.05) is 32.8 Å². The molecule has 0 aromatic heterocycles. The summed E-state index contributed by atoms with van der Waals surface area (Å²) in [5, 5.41) is 6.31. The van der Waals surface area contributed by atoms with Crippen LogP contribution in [-0.2, 0) is 19.1 Å². The van der Waals surface area contributed by atoms with Crippen LogP contribution in [0, 0.1) is 0 Å². The summed E-state index contributed by atoms with van der Waals surface area (Å²) < 4.78 is 10.9. The molecule has 2 aliphatic rings. The molecule has 29 heavy (non-hydrogen) atoms. The minimum absolute atomic E-state index is 0.00591. The van der Waals surface area contributed by atoms with Gasteiger partial charge in [0.05, 0.1) is 12.3 Å². The zero-order valence-corrected chi connectivity index (χ0v) is 16.3. The Labute approximate surface area is 169 Å². The first-order chi connectivity index (χ1) is 14.1. The van der Waals surface area contributed by atoms with Crippen molar-refractivity contribution in [1.82, 2.24) is 15.6 Å². The van der Waals surface area contributed by atoms with Crippen molar-refractivity contribution in [3.63, 3.8) is 0 Å². The molecule has 2 aliphatic heterocycles. The van der Waals surface area contributed by atoms with Crippen molar-refractivity contribution in [3.8, 4) is 5.75 Å². The first-order valence-electron chi connectivity index (χ1n) is 9.85. The van der Waals surface area contributed by atoms with Crippen molar-refractivity contribution in [1.29, 1.82) is 0 Å². The van der Waals surface area contributed by atoms with Gasteiger partial charge in [0.25, 0.3) is 5.91 Å². The van der Waals surface area contributed by atoms with Crippen LogP contribution in [0.2, 0.25) is 0 Å². The summed E-state index contributed by atoms with van der Waals surface area (Å²) in [6.45, 7) is 2.63. The minimum Gasteiger partial charge on any atom is -0.484 e. The SMILES string of the molecule is O=C(NCC1CCCO1)C(=O)NN=Cc1ccc(OCC(=O)N2CCCC2)cc1. The van der Waals surface area contributed by atoms with E-state index in [1.165, 1.54) is 6.21 Å². The van der Waals surface area contributed by atoms with Gasteiger partial charge >= 0.3 is 11.8 Å². The molecule has 0 bridgehead atoms. The van der Waals surface area contributed by atoms with Crippen molar-refractivity contribution < 1.29 is 23.9 Å². The summed E-state index contributed by atoms with van der Waals surface area (Å²) in [4.78, 5) is 37.2. The molecule has 3 amide bonds. The van der Waals surface area contributed by atoms with Gasteiger partial charge in [-0.05, 0) is 55.5 Å². The highest BCUT2D eigenvalue weighted by Gasteiger charge is 2.19. The Bertz CT molecular complexity index is 738. The molecule has 0 radical (unpaired) electrons. The van der Waals surface area contributed by atoms with E-state index in [-0.39, 0.29) is 18.6 Å². The molecule has 1 unspecified atom stereocenters. The maximum atomic E-state index is 12.0. The average molecular weight is 402 g/mol. The molecular weight excluding hydrogens is 376 g/mol. The van der Waals surface area contributed by atoms with Gasteiger partial charge in [0.1, 0.15) is 5.75 Å². The van der Waals surface area contributed by atoms with Crippen molar-refractivity contribution >= 4 is 23.9 Å². The fraction of sp³-hybridized carbons (Fsp3) is 0.500. The summed E-state index contributed by atoms with van der Waals surface area (Å²) in [5.41, 5.74) is 2.90. The van der Waals surface area contributed by atoms with E-state index in [1.807, 2.05) is 0 Å². The standard InChI is InChI=1S/C20H26N4O5/c25-18(24-9-1-2-10-24)14-29-16-7-5-15(6-8-16)12-22-23-20(27)19(26)21-13-17-4-3-11-28-17/h5-8,12,17H,1-4,9-11,13-14H2,(H,21,26)(H,23,27). The zero-order chi connectivity index (χ0) is 20.5. The highest BCUT2D eigenvalue weighted by Crippen LogP contribution is 2.13. The number of carbonyl (C=O) groups is 3. The topological polar surface area (TPSA) is 109 Å². The van der Waals surface area contributed by atoms with Crippen LogP contribution >= 0.6 is 0 Å². The van der Waals surface area contributed by atoms with Gasteiger partial charge in [0.15, 0.2) is 6.61 Å². The lowest BCUT2D eigenvalue weighted by atomic mass is 10.2. The third kappa shape index (κ3) is 6.56. The average Bonchev–Trinajstić information content (AvgIpc) is 3.45. The molecule has 9 nitrogen and oxygen atoms in total. The molecule has 2 fully saturated rings. The maximum absolute atomic E-state index is 12.0. The summed E-state index contributed by atoms with van der Waals surface area (Å²) >= 11 is 0. The second-order valence-electron chi connectivity index (χ2n) is 6.99. The first-order valence-corrected chi connectivity index (χ1v) is 9.85. The van der Waals surface area contributed by atoms with E-state index < -0.39 is 11.8 Å². The van der Waals surface area contributed by atoms with Crippen LogP contribution in [0.4, 0.5) is 0 Å². The molecule has 0 aliphatic carbocycles. The monoisotopic (exact) mass is 402 g/mol. The van der Waals surface area contributed by atoms with Crippen LogP contribution in [0.1, 0.15) is 31.2 Å². The molecule has 9 heteroatoms. The van der Waals surface area contributed by atoms with Gasteiger partial charge in [0, 0.05) is 26.2 Å². The number of amides is 3. The molecule has 3 rings (SSSR count). The second kappa shape index (κ2) is 10.6. The van der Waals surface area contributed by atoms with Gasteiger partial charge < -0.3 is 19.7 Å². The summed E-state index contributed by atoms with van der Waals surface area (Å²) in [5.74, 6) is -1.01. The largest absolute Gasteiger partial charge is 0.484 e. The highest BCUT2D eigenvalue weighted by molar-refractivity contribution is 6.35. The van der Waals surface area contributed by atoms with Gasteiger partial charge in [-0.2, -0.15) is 5.10 Å². The molecule has 1 atom stereocenters. The van der Waals surface area contributed by atoms with E-state index in [0.717, 1.165) is 38.8 Å². The van der Waals surface area contributed by atoms with Gasteiger partial charge in [-0.1, -0.05) is 0 Å². The number of hydrogen-bond donors (Lipinski definition) is 2. The molecule has 156 valence electrons. The van der Waals surface area contributed by atoms with E-state index in [1.54, 1.807) is 29.2 Å². The maximum Gasteiger partial charge on any atom is 0.329 e. The molecule has 0 saturated carbocycles. The Morgan fingerprint density at radius 2 is 1.90 bits per heavy atom. The number of benzene rings is 1. The number of nitrogens with one attached hydrogen (secondary N) is 2. The van der Waals surface area contributed by atoms with Crippen LogP contribution in [0.3, 0.4) is 0 Å². The molecule has 0 spiro atoms.